The predicted octanol–water partition coefficient (Wildman–Crippen LogP) is 0.356. The number of hydrogen-bond acceptors (Lipinski definition) is 5. The van der Waals surface area contributed by atoms with Gasteiger partial charge in [-0.15, -0.1) is 0 Å². The van der Waals surface area contributed by atoms with E-state index in [2.05, 4.69) is 4.74 Å². The fraction of sp³-hybridized carbons (Fsp3) is 0.800. The third kappa shape index (κ3) is 4.78. The largest absolute Gasteiger partial charge is 0.469 e. The van der Waals surface area contributed by atoms with Crippen molar-refractivity contribution in [1.82, 2.24) is 0 Å². The standard InChI is InChI=1S/C10H18O5/c1-6(11)5-15-10(13)8(3)7(2)9(12)14-4/h6-8,11H,5H2,1-4H3. The molecule has 0 aliphatic heterocycles. The first-order chi connectivity index (χ1) is 6.90. The quantitative estimate of drug-likeness (QED) is 0.674. The zero-order valence-electron chi connectivity index (χ0n) is 9.52. The normalized spacial score (nSPS) is 16.3. The Labute approximate surface area is 89.4 Å². The molecule has 3 unspecified atom stereocenters. The van der Waals surface area contributed by atoms with E-state index in [1.165, 1.54) is 14.0 Å². The Bertz CT molecular complexity index is 224. The SMILES string of the molecule is COC(=O)C(C)C(C)C(=O)OCC(C)O. The minimum absolute atomic E-state index is 0.0585. The number of aliphatic hydroxyl groups is 1. The summed E-state index contributed by atoms with van der Waals surface area (Å²) >= 11 is 0. The number of hydrogen-bond donors (Lipinski definition) is 1. The van der Waals surface area contributed by atoms with Crippen molar-refractivity contribution >= 4 is 11.9 Å². The zero-order chi connectivity index (χ0) is 12.0. The minimum atomic E-state index is -0.699. The van der Waals surface area contributed by atoms with Crippen molar-refractivity contribution in [1.29, 1.82) is 0 Å². The highest BCUT2D eigenvalue weighted by molar-refractivity contribution is 5.81. The van der Waals surface area contributed by atoms with Crippen LogP contribution in [0.25, 0.3) is 0 Å². The summed E-state index contributed by atoms with van der Waals surface area (Å²) in [6.45, 7) is 4.64. The van der Waals surface area contributed by atoms with Gasteiger partial charge < -0.3 is 14.6 Å². The van der Waals surface area contributed by atoms with E-state index in [0.29, 0.717) is 0 Å². The summed E-state index contributed by atoms with van der Waals surface area (Å²) < 4.78 is 9.30. The van der Waals surface area contributed by atoms with Crippen LogP contribution in [0.1, 0.15) is 20.8 Å². The molecule has 0 aromatic rings. The Morgan fingerprint density at radius 1 is 1.13 bits per heavy atom. The van der Waals surface area contributed by atoms with E-state index in [0.717, 1.165) is 0 Å². The van der Waals surface area contributed by atoms with Gasteiger partial charge >= 0.3 is 11.9 Å². The van der Waals surface area contributed by atoms with Crippen LogP contribution in [-0.2, 0) is 19.1 Å². The number of carbonyl (C=O) groups excluding carboxylic acids is 2. The smallest absolute Gasteiger partial charge is 0.309 e. The molecule has 5 heteroatoms. The molecule has 88 valence electrons. The number of esters is 2. The molecule has 0 heterocycles. The first-order valence-corrected chi connectivity index (χ1v) is 4.82. The van der Waals surface area contributed by atoms with Gasteiger partial charge in [0.05, 0.1) is 25.0 Å². The van der Waals surface area contributed by atoms with Crippen LogP contribution in [-0.4, -0.2) is 36.9 Å². The third-order valence-electron chi connectivity index (χ3n) is 2.16. The molecule has 0 spiro atoms. The predicted molar refractivity (Wildman–Crippen MR) is 53.0 cm³/mol. The van der Waals surface area contributed by atoms with E-state index in [1.807, 2.05) is 0 Å². The topological polar surface area (TPSA) is 72.8 Å². The van der Waals surface area contributed by atoms with Gasteiger partial charge in [0, 0.05) is 0 Å². The molecule has 0 amide bonds. The Hall–Kier alpha value is -1.10. The molecule has 0 aromatic heterocycles. The summed E-state index contributed by atoms with van der Waals surface area (Å²) in [6, 6.07) is 0. The molecule has 0 bridgehead atoms. The first-order valence-electron chi connectivity index (χ1n) is 4.82. The van der Waals surface area contributed by atoms with Crippen LogP contribution in [0.2, 0.25) is 0 Å². The van der Waals surface area contributed by atoms with Gasteiger partial charge in [0.15, 0.2) is 0 Å². The average Bonchev–Trinajstić information content (AvgIpc) is 2.22. The molecule has 0 radical (unpaired) electrons. The van der Waals surface area contributed by atoms with Crippen LogP contribution in [0.5, 0.6) is 0 Å². The maximum atomic E-state index is 11.4. The first kappa shape index (κ1) is 13.9. The van der Waals surface area contributed by atoms with Crippen molar-refractivity contribution in [3.05, 3.63) is 0 Å². The summed E-state index contributed by atoms with van der Waals surface area (Å²) in [5.74, 6) is -2.07. The number of carbonyl (C=O) groups is 2. The van der Waals surface area contributed by atoms with Crippen molar-refractivity contribution in [2.75, 3.05) is 13.7 Å². The summed E-state index contributed by atoms with van der Waals surface area (Å²) in [6.07, 6.45) is -0.699. The molecule has 0 aliphatic rings. The molecule has 0 aromatic carbocycles. The Kier molecular flexibility index (Phi) is 5.93. The summed E-state index contributed by atoms with van der Waals surface area (Å²) in [7, 11) is 1.27. The van der Waals surface area contributed by atoms with E-state index < -0.39 is 29.9 Å². The second-order valence-corrected chi connectivity index (χ2v) is 3.58. The van der Waals surface area contributed by atoms with Gasteiger partial charge in [-0.05, 0) is 6.92 Å². The summed E-state index contributed by atoms with van der Waals surface area (Å²) in [5.41, 5.74) is 0. The van der Waals surface area contributed by atoms with Gasteiger partial charge in [-0.3, -0.25) is 9.59 Å². The zero-order valence-corrected chi connectivity index (χ0v) is 9.52. The van der Waals surface area contributed by atoms with Crippen LogP contribution in [0.4, 0.5) is 0 Å². The van der Waals surface area contributed by atoms with E-state index in [4.69, 9.17) is 9.84 Å². The Morgan fingerprint density at radius 3 is 2.00 bits per heavy atom. The average molecular weight is 218 g/mol. The molecule has 0 saturated heterocycles. The maximum Gasteiger partial charge on any atom is 0.309 e. The summed E-state index contributed by atoms with van der Waals surface area (Å²) in [4.78, 5) is 22.5. The fourth-order valence-electron chi connectivity index (χ4n) is 0.928. The van der Waals surface area contributed by atoms with E-state index >= 15 is 0 Å². The lowest BCUT2D eigenvalue weighted by Gasteiger charge is -2.16. The van der Waals surface area contributed by atoms with Crippen LogP contribution >= 0.6 is 0 Å². The van der Waals surface area contributed by atoms with Crippen LogP contribution in [0.3, 0.4) is 0 Å². The highest BCUT2D eigenvalue weighted by Gasteiger charge is 2.28. The van der Waals surface area contributed by atoms with Gasteiger partial charge in [-0.2, -0.15) is 0 Å². The molecule has 5 nitrogen and oxygen atoms in total. The summed E-state index contributed by atoms with van der Waals surface area (Å²) in [5, 5.41) is 8.91. The maximum absolute atomic E-state index is 11.4. The molecule has 3 atom stereocenters. The van der Waals surface area contributed by atoms with Gasteiger partial charge in [0.25, 0.3) is 0 Å². The van der Waals surface area contributed by atoms with Crippen molar-refractivity contribution in [2.24, 2.45) is 11.8 Å². The Morgan fingerprint density at radius 2 is 1.60 bits per heavy atom. The van der Waals surface area contributed by atoms with Crippen LogP contribution in [0.15, 0.2) is 0 Å². The number of rotatable bonds is 5. The lowest BCUT2D eigenvalue weighted by Crippen LogP contribution is -2.29. The monoisotopic (exact) mass is 218 g/mol. The van der Waals surface area contributed by atoms with Gasteiger partial charge in [-0.25, -0.2) is 0 Å². The highest BCUT2D eigenvalue weighted by atomic mass is 16.5. The number of methoxy groups -OCH3 is 1. The second-order valence-electron chi connectivity index (χ2n) is 3.58. The fourth-order valence-corrected chi connectivity index (χ4v) is 0.928. The molecule has 0 saturated carbocycles. The molecule has 0 rings (SSSR count). The number of aliphatic hydroxyl groups excluding tert-OH is 1. The molecule has 0 aliphatic carbocycles. The molecular weight excluding hydrogens is 200 g/mol. The van der Waals surface area contributed by atoms with E-state index in [1.54, 1.807) is 13.8 Å². The Balaban J connectivity index is 4.13. The van der Waals surface area contributed by atoms with Crippen molar-refractivity contribution < 1.29 is 24.2 Å². The van der Waals surface area contributed by atoms with E-state index in [-0.39, 0.29) is 6.61 Å². The van der Waals surface area contributed by atoms with Gasteiger partial charge in [0.1, 0.15) is 6.61 Å². The van der Waals surface area contributed by atoms with Crippen LogP contribution in [0, 0.1) is 11.8 Å². The lowest BCUT2D eigenvalue weighted by molar-refractivity contribution is -0.159. The molecule has 15 heavy (non-hydrogen) atoms. The van der Waals surface area contributed by atoms with E-state index in [9.17, 15) is 9.59 Å². The van der Waals surface area contributed by atoms with Crippen molar-refractivity contribution in [2.45, 2.75) is 26.9 Å². The number of ether oxygens (including phenoxy) is 2. The van der Waals surface area contributed by atoms with Crippen molar-refractivity contribution in [3.63, 3.8) is 0 Å². The minimum Gasteiger partial charge on any atom is -0.469 e. The van der Waals surface area contributed by atoms with Crippen molar-refractivity contribution in [3.8, 4) is 0 Å². The van der Waals surface area contributed by atoms with Crippen LogP contribution < -0.4 is 0 Å². The van der Waals surface area contributed by atoms with Gasteiger partial charge in [0.2, 0.25) is 0 Å². The van der Waals surface area contributed by atoms with Gasteiger partial charge in [-0.1, -0.05) is 13.8 Å². The molecule has 0 fully saturated rings. The third-order valence-corrected chi connectivity index (χ3v) is 2.16. The lowest BCUT2D eigenvalue weighted by atomic mass is 9.96. The molecule has 1 N–H and O–H groups in total. The molecular formula is C10H18O5. The second kappa shape index (κ2) is 6.40. The highest BCUT2D eigenvalue weighted by Crippen LogP contribution is 2.14.